The van der Waals surface area contributed by atoms with Crippen LogP contribution >= 0.6 is 0 Å². The molecule has 0 aliphatic rings. The van der Waals surface area contributed by atoms with Gasteiger partial charge < -0.3 is 9.84 Å². The van der Waals surface area contributed by atoms with E-state index in [1.54, 1.807) is 6.92 Å². The summed E-state index contributed by atoms with van der Waals surface area (Å²) < 4.78 is 18.9. The van der Waals surface area contributed by atoms with Crippen molar-refractivity contribution in [3.05, 3.63) is 29.1 Å². The number of hydrogen-bond acceptors (Lipinski definition) is 2. The predicted molar refractivity (Wildman–Crippen MR) is 67.5 cm³/mol. The summed E-state index contributed by atoms with van der Waals surface area (Å²) in [6.45, 7) is 5.53. The molecule has 3 nitrogen and oxygen atoms in total. The Morgan fingerprint density at radius 1 is 1.39 bits per heavy atom. The van der Waals surface area contributed by atoms with Gasteiger partial charge in [0.05, 0.1) is 13.0 Å². The Morgan fingerprint density at radius 2 is 2.00 bits per heavy atom. The molecule has 1 aromatic carbocycles. The highest BCUT2D eigenvalue weighted by molar-refractivity contribution is 5.70. The van der Waals surface area contributed by atoms with Crippen LogP contribution in [0.4, 0.5) is 4.39 Å². The largest absolute Gasteiger partial charge is 0.493 e. The van der Waals surface area contributed by atoms with Crippen molar-refractivity contribution < 1.29 is 19.0 Å². The predicted octanol–water partition coefficient (Wildman–Crippen LogP) is 3.22. The number of carboxylic acid groups (broad SMARTS) is 1. The van der Waals surface area contributed by atoms with Crippen LogP contribution in [-0.4, -0.2) is 18.2 Å². The molecule has 1 aromatic rings. The zero-order valence-corrected chi connectivity index (χ0v) is 11.2. The molecule has 0 saturated carbocycles. The Balaban J connectivity index is 3.17. The molecule has 0 aromatic heterocycles. The number of methoxy groups -OCH3 is 1. The quantitative estimate of drug-likeness (QED) is 0.877. The Labute approximate surface area is 107 Å². The van der Waals surface area contributed by atoms with Crippen molar-refractivity contribution in [2.24, 2.45) is 5.92 Å². The second-order valence-electron chi connectivity index (χ2n) is 4.79. The fourth-order valence-corrected chi connectivity index (χ4v) is 1.80. The number of ether oxygens (including phenoxy) is 1. The molecule has 0 heterocycles. The monoisotopic (exact) mass is 254 g/mol. The minimum Gasteiger partial charge on any atom is -0.493 e. The van der Waals surface area contributed by atoms with Gasteiger partial charge in [-0.05, 0) is 29.5 Å². The molecule has 0 aliphatic carbocycles. The van der Waals surface area contributed by atoms with E-state index in [1.165, 1.54) is 13.2 Å². The summed E-state index contributed by atoms with van der Waals surface area (Å²) in [5.41, 5.74) is 1.46. The summed E-state index contributed by atoms with van der Waals surface area (Å²) >= 11 is 0. The van der Waals surface area contributed by atoms with E-state index in [0.29, 0.717) is 5.56 Å². The van der Waals surface area contributed by atoms with Gasteiger partial charge in [-0.1, -0.05) is 26.8 Å². The molecular weight excluding hydrogens is 235 g/mol. The lowest BCUT2D eigenvalue weighted by Gasteiger charge is -2.15. The fourth-order valence-electron chi connectivity index (χ4n) is 1.80. The van der Waals surface area contributed by atoms with E-state index in [9.17, 15) is 9.18 Å². The molecule has 0 saturated heterocycles. The Morgan fingerprint density at radius 3 is 2.44 bits per heavy atom. The first-order valence-electron chi connectivity index (χ1n) is 5.95. The normalized spacial score (nSPS) is 12.6. The molecule has 1 atom stereocenters. The van der Waals surface area contributed by atoms with Crippen LogP contribution in [0.15, 0.2) is 12.1 Å². The minimum absolute atomic E-state index is 0.146. The van der Waals surface area contributed by atoms with Crippen molar-refractivity contribution in [1.29, 1.82) is 0 Å². The molecule has 18 heavy (non-hydrogen) atoms. The number of carbonyl (C=O) groups is 1. The van der Waals surface area contributed by atoms with E-state index in [4.69, 9.17) is 9.84 Å². The summed E-state index contributed by atoms with van der Waals surface area (Å²) in [4.78, 5) is 10.9. The summed E-state index contributed by atoms with van der Waals surface area (Å²) in [7, 11) is 1.39. The maximum Gasteiger partial charge on any atom is 0.306 e. The molecule has 1 N–H and O–H groups in total. The molecule has 0 spiro atoms. The SMILES string of the molecule is COc1c(F)cc(C(C)C)cc1CC(C)C(=O)O. The van der Waals surface area contributed by atoms with Crippen LogP contribution in [0.2, 0.25) is 0 Å². The van der Waals surface area contributed by atoms with Crippen LogP contribution in [0.25, 0.3) is 0 Å². The molecule has 0 amide bonds. The topological polar surface area (TPSA) is 46.5 Å². The van der Waals surface area contributed by atoms with Crippen LogP contribution in [0.3, 0.4) is 0 Å². The van der Waals surface area contributed by atoms with Gasteiger partial charge in [0.15, 0.2) is 11.6 Å². The smallest absolute Gasteiger partial charge is 0.306 e. The average molecular weight is 254 g/mol. The van der Waals surface area contributed by atoms with Crippen molar-refractivity contribution in [1.82, 2.24) is 0 Å². The van der Waals surface area contributed by atoms with E-state index >= 15 is 0 Å². The first-order valence-corrected chi connectivity index (χ1v) is 5.95. The number of hydrogen-bond donors (Lipinski definition) is 1. The Hall–Kier alpha value is -1.58. The molecule has 1 unspecified atom stereocenters. The van der Waals surface area contributed by atoms with Crippen LogP contribution in [0, 0.1) is 11.7 Å². The van der Waals surface area contributed by atoms with Crippen molar-refractivity contribution in [3.63, 3.8) is 0 Å². The molecular formula is C14H19FO3. The van der Waals surface area contributed by atoms with E-state index in [-0.39, 0.29) is 18.1 Å². The molecule has 4 heteroatoms. The Bertz CT molecular complexity index is 441. The molecule has 1 rings (SSSR count). The Kier molecular flexibility index (Phi) is 4.70. The third kappa shape index (κ3) is 3.22. The number of benzene rings is 1. The van der Waals surface area contributed by atoms with Gasteiger partial charge in [0.2, 0.25) is 0 Å². The zero-order chi connectivity index (χ0) is 13.9. The van der Waals surface area contributed by atoms with Crippen LogP contribution in [0.1, 0.15) is 37.8 Å². The highest BCUT2D eigenvalue weighted by Gasteiger charge is 2.18. The first kappa shape index (κ1) is 14.5. The van der Waals surface area contributed by atoms with E-state index in [0.717, 1.165) is 5.56 Å². The number of halogens is 1. The van der Waals surface area contributed by atoms with E-state index in [2.05, 4.69) is 0 Å². The molecule has 100 valence electrons. The third-order valence-corrected chi connectivity index (χ3v) is 2.96. The molecule has 0 radical (unpaired) electrons. The van der Waals surface area contributed by atoms with Crippen molar-refractivity contribution in [2.45, 2.75) is 33.1 Å². The van der Waals surface area contributed by atoms with E-state index in [1.807, 2.05) is 19.9 Å². The molecule has 0 fully saturated rings. The van der Waals surface area contributed by atoms with Crippen LogP contribution in [-0.2, 0) is 11.2 Å². The highest BCUT2D eigenvalue weighted by atomic mass is 19.1. The lowest BCUT2D eigenvalue weighted by Crippen LogP contribution is -2.13. The van der Waals surface area contributed by atoms with E-state index < -0.39 is 17.7 Å². The highest BCUT2D eigenvalue weighted by Crippen LogP contribution is 2.29. The number of carboxylic acids is 1. The van der Waals surface area contributed by atoms with Crippen LogP contribution < -0.4 is 4.74 Å². The third-order valence-electron chi connectivity index (χ3n) is 2.96. The van der Waals surface area contributed by atoms with Gasteiger partial charge in [0.25, 0.3) is 0 Å². The number of aliphatic carboxylic acids is 1. The maximum absolute atomic E-state index is 13.9. The van der Waals surface area contributed by atoms with Crippen molar-refractivity contribution in [3.8, 4) is 5.75 Å². The lowest BCUT2D eigenvalue weighted by atomic mass is 9.94. The molecule has 0 aliphatic heterocycles. The second-order valence-corrected chi connectivity index (χ2v) is 4.79. The summed E-state index contributed by atoms with van der Waals surface area (Å²) in [5, 5.41) is 8.92. The van der Waals surface area contributed by atoms with Gasteiger partial charge >= 0.3 is 5.97 Å². The summed E-state index contributed by atoms with van der Waals surface area (Å²) in [6.07, 6.45) is 0.260. The fraction of sp³-hybridized carbons (Fsp3) is 0.500. The van der Waals surface area contributed by atoms with Crippen molar-refractivity contribution >= 4 is 5.97 Å². The van der Waals surface area contributed by atoms with Gasteiger partial charge in [-0.3, -0.25) is 4.79 Å². The minimum atomic E-state index is -0.896. The van der Waals surface area contributed by atoms with Crippen molar-refractivity contribution in [2.75, 3.05) is 7.11 Å². The number of rotatable bonds is 5. The summed E-state index contributed by atoms with van der Waals surface area (Å²) in [5.74, 6) is -1.57. The zero-order valence-electron chi connectivity index (χ0n) is 11.2. The van der Waals surface area contributed by atoms with Gasteiger partial charge in [-0.15, -0.1) is 0 Å². The summed E-state index contributed by atoms with van der Waals surface area (Å²) in [6, 6.07) is 3.27. The lowest BCUT2D eigenvalue weighted by molar-refractivity contribution is -0.141. The van der Waals surface area contributed by atoms with Crippen LogP contribution in [0.5, 0.6) is 5.75 Å². The van der Waals surface area contributed by atoms with Gasteiger partial charge in [0.1, 0.15) is 0 Å². The second kappa shape index (κ2) is 5.85. The first-order chi connectivity index (χ1) is 8.36. The maximum atomic E-state index is 13.9. The van der Waals surface area contributed by atoms with Gasteiger partial charge in [0, 0.05) is 0 Å². The van der Waals surface area contributed by atoms with Gasteiger partial charge in [-0.2, -0.15) is 0 Å². The standard InChI is InChI=1S/C14H19FO3/c1-8(2)10-6-11(5-9(3)14(16)17)13(18-4)12(15)7-10/h6-9H,5H2,1-4H3,(H,16,17). The van der Waals surface area contributed by atoms with Gasteiger partial charge in [-0.25, -0.2) is 4.39 Å². The average Bonchev–Trinajstić information content (AvgIpc) is 2.28. The molecule has 0 bridgehead atoms.